The molecule has 9 heteroatoms. The molecule has 0 heterocycles. The van der Waals surface area contributed by atoms with E-state index in [4.69, 9.17) is 0 Å². The third-order valence-corrected chi connectivity index (χ3v) is 9.85. The molecule has 0 radical (unpaired) electrons. The van der Waals surface area contributed by atoms with Crippen molar-refractivity contribution in [2.45, 2.75) is 64.4 Å². The Labute approximate surface area is 272 Å². The van der Waals surface area contributed by atoms with Crippen LogP contribution in [0.3, 0.4) is 0 Å². The van der Waals surface area contributed by atoms with Crippen molar-refractivity contribution >= 4 is 27.5 Å². The smallest absolute Gasteiger partial charge is 0.264 e. The molecule has 0 aliphatic carbocycles. The molecule has 4 aromatic carbocycles. The van der Waals surface area contributed by atoms with Crippen molar-refractivity contribution in [1.29, 1.82) is 0 Å². The number of amides is 2. The van der Waals surface area contributed by atoms with E-state index >= 15 is 4.39 Å². The number of carbonyl (C=O) groups excluding carboxylic acids is 2. The Bertz CT molecular complexity index is 1740. The quantitative estimate of drug-likeness (QED) is 0.159. The van der Waals surface area contributed by atoms with Gasteiger partial charge in [-0.05, 0) is 74.2 Å². The van der Waals surface area contributed by atoms with Crippen LogP contribution in [-0.2, 0) is 32.6 Å². The van der Waals surface area contributed by atoms with Crippen molar-refractivity contribution in [3.63, 3.8) is 0 Å². The molecule has 0 spiro atoms. The van der Waals surface area contributed by atoms with Gasteiger partial charge >= 0.3 is 0 Å². The molecule has 1 N–H and O–H groups in total. The molecule has 0 aliphatic heterocycles. The first-order valence-corrected chi connectivity index (χ1v) is 17.0. The highest BCUT2D eigenvalue weighted by Gasteiger charge is 2.35. The average Bonchev–Trinajstić information content (AvgIpc) is 3.04. The molecule has 0 aromatic heterocycles. The minimum absolute atomic E-state index is 0.0305. The van der Waals surface area contributed by atoms with E-state index < -0.39 is 34.3 Å². The largest absolute Gasteiger partial charge is 0.354 e. The molecule has 1 atom stereocenters. The molecule has 0 bridgehead atoms. The third kappa shape index (κ3) is 8.60. The lowest BCUT2D eigenvalue weighted by atomic mass is 10.0. The zero-order chi connectivity index (χ0) is 33.3. The Balaban J connectivity index is 1.81. The summed E-state index contributed by atoms with van der Waals surface area (Å²) >= 11 is 0. The molecule has 4 rings (SSSR count). The van der Waals surface area contributed by atoms with Crippen LogP contribution in [0.1, 0.15) is 47.6 Å². The summed E-state index contributed by atoms with van der Waals surface area (Å²) in [7, 11) is -4.22. The van der Waals surface area contributed by atoms with Crippen molar-refractivity contribution in [3.05, 3.63) is 131 Å². The van der Waals surface area contributed by atoms with E-state index in [0.717, 1.165) is 39.4 Å². The van der Waals surface area contributed by atoms with Crippen LogP contribution in [0.4, 0.5) is 10.1 Å². The van der Waals surface area contributed by atoms with Crippen molar-refractivity contribution in [3.8, 4) is 0 Å². The van der Waals surface area contributed by atoms with Gasteiger partial charge in [-0.2, -0.15) is 0 Å². The summed E-state index contributed by atoms with van der Waals surface area (Å²) in [4.78, 5) is 29.7. The number of unbranched alkanes of at least 4 members (excludes halogenated alkanes) is 1. The zero-order valence-corrected chi connectivity index (χ0v) is 27.7. The highest BCUT2D eigenvalue weighted by Crippen LogP contribution is 2.27. The van der Waals surface area contributed by atoms with Gasteiger partial charge in [-0.1, -0.05) is 85.6 Å². The van der Waals surface area contributed by atoms with Crippen molar-refractivity contribution < 1.29 is 22.4 Å². The van der Waals surface area contributed by atoms with E-state index in [9.17, 15) is 18.0 Å². The number of carbonyl (C=O) groups is 2. The molecule has 0 saturated carbocycles. The minimum Gasteiger partial charge on any atom is -0.354 e. The van der Waals surface area contributed by atoms with Crippen LogP contribution in [0.25, 0.3) is 0 Å². The van der Waals surface area contributed by atoms with Crippen molar-refractivity contribution in [1.82, 2.24) is 10.2 Å². The van der Waals surface area contributed by atoms with Gasteiger partial charge in [0, 0.05) is 25.1 Å². The fraction of sp³-hybridized carbons (Fsp3) is 0.297. The van der Waals surface area contributed by atoms with E-state index in [0.29, 0.717) is 12.2 Å². The number of aryl methyl sites for hydroxylation is 3. The third-order valence-electron chi connectivity index (χ3n) is 8.07. The summed E-state index contributed by atoms with van der Waals surface area (Å²) in [5, 5.41) is 2.94. The summed E-state index contributed by atoms with van der Waals surface area (Å²) in [5.74, 6) is -1.55. The van der Waals surface area contributed by atoms with Gasteiger partial charge in [-0.3, -0.25) is 13.9 Å². The van der Waals surface area contributed by atoms with Crippen LogP contribution in [0.15, 0.2) is 102 Å². The number of nitrogens with one attached hydrogen (secondary N) is 1. The number of benzene rings is 4. The van der Waals surface area contributed by atoms with Gasteiger partial charge in [-0.25, -0.2) is 12.8 Å². The van der Waals surface area contributed by atoms with Gasteiger partial charge in [0.25, 0.3) is 10.0 Å². The maximum absolute atomic E-state index is 15.1. The second-order valence-corrected chi connectivity index (χ2v) is 13.4. The standard InChI is InChI=1S/C37H42FN3O4S/c1-5-6-22-39-37(43)35(24-30-12-8-7-9-13-30)40(25-31-14-10-11-15-34(31)38)36(42)26-41(32-19-18-28(3)29(4)23-32)46(44,45)33-20-16-27(2)17-21-33/h7-21,23,35H,5-6,22,24-26H2,1-4H3,(H,39,43)/t35-/m1/s1. The first-order valence-electron chi connectivity index (χ1n) is 15.5. The van der Waals surface area contributed by atoms with E-state index in [-0.39, 0.29) is 29.3 Å². The number of anilines is 1. The van der Waals surface area contributed by atoms with E-state index in [1.165, 1.54) is 23.1 Å². The van der Waals surface area contributed by atoms with Crippen LogP contribution in [-0.4, -0.2) is 44.3 Å². The molecular weight excluding hydrogens is 601 g/mol. The molecule has 0 unspecified atom stereocenters. The fourth-order valence-corrected chi connectivity index (χ4v) is 6.52. The Morgan fingerprint density at radius 3 is 2.17 bits per heavy atom. The molecule has 46 heavy (non-hydrogen) atoms. The lowest BCUT2D eigenvalue weighted by Gasteiger charge is -2.34. The number of halogens is 1. The van der Waals surface area contributed by atoms with Gasteiger partial charge < -0.3 is 10.2 Å². The number of sulfonamides is 1. The summed E-state index contributed by atoms with van der Waals surface area (Å²) in [6.45, 7) is 7.26. The lowest BCUT2D eigenvalue weighted by molar-refractivity contribution is -0.140. The Morgan fingerprint density at radius 1 is 0.848 bits per heavy atom. The van der Waals surface area contributed by atoms with Gasteiger partial charge in [-0.15, -0.1) is 0 Å². The van der Waals surface area contributed by atoms with Gasteiger partial charge in [0.2, 0.25) is 11.8 Å². The first kappa shape index (κ1) is 34.4. The highest BCUT2D eigenvalue weighted by atomic mass is 32.2. The summed E-state index contributed by atoms with van der Waals surface area (Å²) in [5.41, 5.74) is 4.05. The number of hydrogen-bond acceptors (Lipinski definition) is 4. The number of nitrogens with zero attached hydrogens (tertiary/aromatic N) is 2. The van der Waals surface area contributed by atoms with Crippen molar-refractivity contribution in [2.24, 2.45) is 0 Å². The Kier molecular flexibility index (Phi) is 11.7. The molecule has 4 aromatic rings. The van der Waals surface area contributed by atoms with E-state index in [1.54, 1.807) is 42.5 Å². The second-order valence-electron chi connectivity index (χ2n) is 11.6. The van der Waals surface area contributed by atoms with Crippen LogP contribution in [0, 0.1) is 26.6 Å². The normalized spacial score (nSPS) is 11.9. The molecule has 0 saturated heterocycles. The topological polar surface area (TPSA) is 86.8 Å². The molecular formula is C37H42FN3O4S. The van der Waals surface area contributed by atoms with Crippen LogP contribution < -0.4 is 9.62 Å². The van der Waals surface area contributed by atoms with Gasteiger partial charge in [0.05, 0.1) is 10.6 Å². The van der Waals surface area contributed by atoms with Crippen molar-refractivity contribution in [2.75, 3.05) is 17.4 Å². The highest BCUT2D eigenvalue weighted by molar-refractivity contribution is 7.92. The summed E-state index contributed by atoms with van der Waals surface area (Å²) < 4.78 is 44.5. The second kappa shape index (κ2) is 15.7. The summed E-state index contributed by atoms with van der Waals surface area (Å²) in [6.07, 6.45) is 1.77. The van der Waals surface area contributed by atoms with Crippen LogP contribution in [0.2, 0.25) is 0 Å². The first-order chi connectivity index (χ1) is 22.0. The van der Waals surface area contributed by atoms with Crippen LogP contribution in [0.5, 0.6) is 0 Å². The molecule has 242 valence electrons. The predicted octanol–water partition coefficient (Wildman–Crippen LogP) is 6.50. The average molecular weight is 644 g/mol. The molecule has 0 fully saturated rings. The van der Waals surface area contributed by atoms with Gasteiger partial charge in [0.15, 0.2) is 0 Å². The summed E-state index contributed by atoms with van der Waals surface area (Å²) in [6, 6.07) is 26.0. The van der Waals surface area contributed by atoms with Gasteiger partial charge in [0.1, 0.15) is 18.4 Å². The minimum atomic E-state index is -4.22. The molecule has 0 aliphatic rings. The zero-order valence-electron chi connectivity index (χ0n) is 26.9. The number of hydrogen-bond donors (Lipinski definition) is 1. The fourth-order valence-electron chi connectivity index (χ4n) is 5.12. The maximum Gasteiger partial charge on any atom is 0.264 e. The maximum atomic E-state index is 15.1. The Hall–Kier alpha value is -4.50. The SMILES string of the molecule is CCCCNC(=O)[C@@H](Cc1ccccc1)N(Cc1ccccc1F)C(=O)CN(c1ccc(C)c(C)c1)S(=O)(=O)c1ccc(C)cc1. The molecule has 2 amide bonds. The van der Waals surface area contributed by atoms with Crippen LogP contribution >= 0.6 is 0 Å². The number of rotatable bonds is 14. The van der Waals surface area contributed by atoms with E-state index in [2.05, 4.69) is 5.32 Å². The lowest BCUT2D eigenvalue weighted by Crippen LogP contribution is -2.53. The van der Waals surface area contributed by atoms with E-state index in [1.807, 2.05) is 64.1 Å². The Morgan fingerprint density at radius 2 is 1.52 bits per heavy atom. The monoisotopic (exact) mass is 643 g/mol. The molecule has 7 nitrogen and oxygen atoms in total. The predicted molar refractivity (Wildman–Crippen MR) is 180 cm³/mol.